The summed E-state index contributed by atoms with van der Waals surface area (Å²) in [6, 6.07) is 22.3. The number of non-ortho nitro benzene ring substituents is 1. The number of nitrogens with zero attached hydrogens (tertiary/aromatic N) is 4. The standard InChI is InChI=1S/C27H24N4O5/c1-2-36-26(33)23-24(19-11-8-12-20(17-19)31(34)35)30-22-14-7-6-13-21(22)28-27(30)29(25(23)32)16-15-18-9-4-3-5-10-18/h3-14,17,23-24H,2,15-16H2,1H3/t23-,24+/m0/s1. The average molecular weight is 485 g/mol. The summed E-state index contributed by atoms with van der Waals surface area (Å²) in [5.74, 6) is -1.95. The van der Waals surface area contributed by atoms with Gasteiger partial charge in [-0.3, -0.25) is 24.6 Å². The zero-order valence-corrected chi connectivity index (χ0v) is 19.6. The van der Waals surface area contributed by atoms with Crippen molar-refractivity contribution in [1.82, 2.24) is 9.55 Å². The van der Waals surface area contributed by atoms with E-state index in [1.807, 2.05) is 59.2 Å². The minimum absolute atomic E-state index is 0.103. The zero-order chi connectivity index (χ0) is 25.2. The summed E-state index contributed by atoms with van der Waals surface area (Å²) in [7, 11) is 0. The van der Waals surface area contributed by atoms with Crippen molar-refractivity contribution in [1.29, 1.82) is 0 Å². The van der Waals surface area contributed by atoms with Crippen molar-refractivity contribution < 1.29 is 19.2 Å². The highest BCUT2D eigenvalue weighted by Gasteiger charge is 2.48. The monoisotopic (exact) mass is 484 g/mol. The van der Waals surface area contributed by atoms with Crippen LogP contribution in [0.5, 0.6) is 0 Å². The van der Waals surface area contributed by atoms with Crippen LogP contribution in [0, 0.1) is 16.0 Å². The summed E-state index contributed by atoms with van der Waals surface area (Å²) in [4.78, 5) is 44.5. The predicted molar refractivity (Wildman–Crippen MR) is 134 cm³/mol. The molecule has 1 aliphatic rings. The zero-order valence-electron chi connectivity index (χ0n) is 19.6. The van der Waals surface area contributed by atoms with Crippen LogP contribution in [-0.4, -0.2) is 39.5 Å². The molecule has 1 amide bonds. The van der Waals surface area contributed by atoms with E-state index >= 15 is 0 Å². The summed E-state index contributed by atoms with van der Waals surface area (Å²) in [6.45, 7) is 2.09. The number of nitro benzene ring substituents is 1. The molecule has 0 bridgehead atoms. The Bertz CT molecular complexity index is 1450. The Hall–Kier alpha value is -4.53. The van der Waals surface area contributed by atoms with Gasteiger partial charge >= 0.3 is 5.97 Å². The smallest absolute Gasteiger partial charge is 0.321 e. The number of benzene rings is 3. The average Bonchev–Trinajstić information content (AvgIpc) is 3.27. The number of carbonyl (C=O) groups excluding carboxylic acids is 2. The first-order chi connectivity index (χ1) is 17.5. The molecule has 0 radical (unpaired) electrons. The molecule has 0 saturated heterocycles. The van der Waals surface area contributed by atoms with E-state index in [9.17, 15) is 19.7 Å². The Kier molecular flexibility index (Phi) is 6.20. The van der Waals surface area contributed by atoms with Gasteiger partial charge in [0.15, 0.2) is 5.92 Å². The lowest BCUT2D eigenvalue weighted by Gasteiger charge is -2.38. The number of imidazole rings is 1. The van der Waals surface area contributed by atoms with Crippen LogP contribution in [0.3, 0.4) is 0 Å². The minimum Gasteiger partial charge on any atom is -0.465 e. The van der Waals surface area contributed by atoms with Crippen LogP contribution in [0.25, 0.3) is 11.0 Å². The summed E-state index contributed by atoms with van der Waals surface area (Å²) < 4.78 is 7.18. The van der Waals surface area contributed by atoms with Gasteiger partial charge in [-0.05, 0) is 36.6 Å². The fourth-order valence-corrected chi connectivity index (χ4v) is 4.77. The molecule has 0 saturated carbocycles. The topological polar surface area (TPSA) is 108 Å². The number of rotatable bonds is 7. The van der Waals surface area contributed by atoms with Gasteiger partial charge < -0.3 is 9.30 Å². The number of nitro groups is 1. The SMILES string of the molecule is CCOC(=O)[C@@H]1C(=O)N(CCc2ccccc2)c2nc3ccccc3n2[C@@H]1c1cccc([N+](=O)[O-])c1. The molecule has 5 rings (SSSR count). The van der Waals surface area contributed by atoms with Gasteiger partial charge in [0.25, 0.3) is 5.69 Å². The molecule has 1 aromatic heterocycles. The maximum Gasteiger partial charge on any atom is 0.321 e. The van der Waals surface area contributed by atoms with Gasteiger partial charge in [0.2, 0.25) is 11.9 Å². The Morgan fingerprint density at radius 2 is 1.81 bits per heavy atom. The van der Waals surface area contributed by atoms with Crippen LogP contribution in [-0.2, 0) is 20.7 Å². The summed E-state index contributed by atoms with van der Waals surface area (Å²) >= 11 is 0. The lowest BCUT2D eigenvalue weighted by atomic mass is 9.89. The molecule has 4 aromatic rings. The molecule has 0 N–H and O–H groups in total. The third-order valence-corrected chi connectivity index (χ3v) is 6.37. The molecule has 36 heavy (non-hydrogen) atoms. The Morgan fingerprint density at radius 3 is 2.56 bits per heavy atom. The molecule has 0 fully saturated rings. The summed E-state index contributed by atoms with van der Waals surface area (Å²) in [5, 5.41) is 11.5. The number of para-hydroxylation sites is 2. The molecule has 0 unspecified atom stereocenters. The molecular weight excluding hydrogens is 460 g/mol. The van der Waals surface area contributed by atoms with Crippen LogP contribution in [0.2, 0.25) is 0 Å². The molecule has 0 aliphatic carbocycles. The largest absolute Gasteiger partial charge is 0.465 e. The van der Waals surface area contributed by atoms with Gasteiger partial charge in [0.05, 0.1) is 28.6 Å². The molecule has 9 nitrogen and oxygen atoms in total. The van der Waals surface area contributed by atoms with E-state index < -0.39 is 28.8 Å². The second-order valence-electron chi connectivity index (χ2n) is 8.52. The highest BCUT2D eigenvalue weighted by molar-refractivity contribution is 6.08. The fourth-order valence-electron chi connectivity index (χ4n) is 4.77. The highest BCUT2D eigenvalue weighted by atomic mass is 16.6. The summed E-state index contributed by atoms with van der Waals surface area (Å²) in [5.41, 5.74) is 2.75. The Morgan fingerprint density at radius 1 is 1.06 bits per heavy atom. The van der Waals surface area contributed by atoms with E-state index in [0.29, 0.717) is 30.0 Å². The third-order valence-electron chi connectivity index (χ3n) is 6.37. The first kappa shape index (κ1) is 23.2. The van der Waals surface area contributed by atoms with E-state index in [1.165, 1.54) is 17.0 Å². The lowest BCUT2D eigenvalue weighted by molar-refractivity contribution is -0.384. The minimum atomic E-state index is -1.23. The van der Waals surface area contributed by atoms with E-state index in [2.05, 4.69) is 0 Å². The Labute approximate surface area is 207 Å². The number of hydrogen-bond acceptors (Lipinski definition) is 6. The van der Waals surface area contributed by atoms with Crippen molar-refractivity contribution in [2.75, 3.05) is 18.1 Å². The number of carbonyl (C=O) groups is 2. The van der Waals surface area contributed by atoms with Crippen molar-refractivity contribution in [3.05, 3.63) is 100 Å². The van der Waals surface area contributed by atoms with E-state index in [1.54, 1.807) is 19.1 Å². The van der Waals surface area contributed by atoms with Gasteiger partial charge in [0, 0.05) is 18.7 Å². The molecular formula is C27H24N4O5. The second kappa shape index (κ2) is 9.61. The quantitative estimate of drug-likeness (QED) is 0.168. The van der Waals surface area contributed by atoms with Crippen molar-refractivity contribution in [2.45, 2.75) is 19.4 Å². The van der Waals surface area contributed by atoms with Gasteiger partial charge in [-0.15, -0.1) is 0 Å². The number of hydrogen-bond donors (Lipinski definition) is 0. The van der Waals surface area contributed by atoms with Gasteiger partial charge in [0.1, 0.15) is 0 Å². The normalized spacial score (nSPS) is 17.1. The van der Waals surface area contributed by atoms with E-state index in [0.717, 1.165) is 11.1 Å². The first-order valence-electron chi connectivity index (χ1n) is 11.7. The van der Waals surface area contributed by atoms with Crippen molar-refractivity contribution >= 4 is 34.5 Å². The number of anilines is 1. The molecule has 2 heterocycles. The molecule has 182 valence electrons. The maximum atomic E-state index is 13.9. The number of fused-ring (bicyclic) bond motifs is 3. The van der Waals surface area contributed by atoms with Crippen molar-refractivity contribution in [3.8, 4) is 0 Å². The first-order valence-corrected chi connectivity index (χ1v) is 11.7. The van der Waals surface area contributed by atoms with Crippen LogP contribution in [0.4, 0.5) is 11.6 Å². The number of esters is 1. The highest BCUT2D eigenvalue weighted by Crippen LogP contribution is 2.42. The van der Waals surface area contributed by atoms with Crippen LogP contribution < -0.4 is 4.90 Å². The molecule has 9 heteroatoms. The van der Waals surface area contributed by atoms with Crippen LogP contribution >= 0.6 is 0 Å². The molecule has 3 aromatic carbocycles. The van der Waals surface area contributed by atoms with Gasteiger partial charge in [-0.25, -0.2) is 4.98 Å². The summed E-state index contributed by atoms with van der Waals surface area (Å²) in [6.07, 6.45) is 0.562. The third kappa shape index (κ3) is 4.08. The number of amides is 1. The van der Waals surface area contributed by atoms with Gasteiger partial charge in [-0.2, -0.15) is 0 Å². The van der Waals surface area contributed by atoms with Gasteiger partial charge in [-0.1, -0.05) is 54.6 Å². The predicted octanol–water partition coefficient (Wildman–Crippen LogP) is 4.30. The molecule has 2 atom stereocenters. The number of aromatic nitrogens is 2. The Balaban J connectivity index is 1.70. The van der Waals surface area contributed by atoms with Crippen molar-refractivity contribution in [3.63, 3.8) is 0 Å². The van der Waals surface area contributed by atoms with Crippen LogP contribution in [0.15, 0.2) is 78.9 Å². The lowest BCUT2D eigenvalue weighted by Crippen LogP contribution is -2.50. The number of ether oxygens (including phenoxy) is 1. The molecule has 0 spiro atoms. The van der Waals surface area contributed by atoms with Crippen LogP contribution in [0.1, 0.15) is 24.1 Å². The van der Waals surface area contributed by atoms with Crippen molar-refractivity contribution in [2.24, 2.45) is 5.92 Å². The maximum absolute atomic E-state index is 13.9. The van der Waals surface area contributed by atoms with E-state index in [4.69, 9.17) is 9.72 Å². The molecule has 1 aliphatic heterocycles. The van der Waals surface area contributed by atoms with E-state index in [-0.39, 0.29) is 12.3 Å². The fraction of sp³-hybridized carbons (Fsp3) is 0.222. The second-order valence-corrected chi connectivity index (χ2v) is 8.52.